The molecule has 1 amide bonds. The van der Waals surface area contributed by atoms with Crippen molar-refractivity contribution in [2.45, 2.75) is 6.42 Å². The molecule has 6 heteroatoms. The van der Waals surface area contributed by atoms with Crippen LogP contribution in [0.3, 0.4) is 0 Å². The van der Waals surface area contributed by atoms with Gasteiger partial charge in [0.15, 0.2) is 5.17 Å². The summed E-state index contributed by atoms with van der Waals surface area (Å²) in [6, 6.07) is 3.59. The first-order chi connectivity index (χ1) is 9.83. The molecule has 2 aliphatic rings. The fourth-order valence-electron chi connectivity index (χ4n) is 2.09. The van der Waals surface area contributed by atoms with Crippen LogP contribution < -0.4 is 5.32 Å². The fraction of sp³-hybridized carbons (Fsp3) is 0.286. The number of nitrogens with zero attached hydrogens (tertiary/aromatic N) is 2. The van der Waals surface area contributed by atoms with Crippen LogP contribution in [0.2, 0.25) is 0 Å². The molecule has 2 aliphatic heterocycles. The Hall–Kier alpha value is -1.95. The van der Waals surface area contributed by atoms with E-state index < -0.39 is 0 Å². The lowest BCUT2D eigenvalue weighted by molar-refractivity contribution is -0.116. The van der Waals surface area contributed by atoms with Crippen molar-refractivity contribution in [1.29, 1.82) is 0 Å². The minimum absolute atomic E-state index is 0.108. The molecule has 1 aromatic heterocycles. The van der Waals surface area contributed by atoms with Gasteiger partial charge in [0.2, 0.25) is 5.91 Å². The average Bonchev–Trinajstić information content (AvgIpc) is 3.15. The smallest absolute Gasteiger partial charge is 0.244 e. The molecule has 3 heterocycles. The van der Waals surface area contributed by atoms with E-state index in [1.807, 2.05) is 0 Å². The summed E-state index contributed by atoms with van der Waals surface area (Å²) in [6.45, 7) is 2.45. The van der Waals surface area contributed by atoms with Gasteiger partial charge in [0.25, 0.3) is 0 Å². The zero-order chi connectivity index (χ0) is 13.8. The number of amidine groups is 1. The van der Waals surface area contributed by atoms with Gasteiger partial charge in [-0.1, -0.05) is 11.8 Å². The van der Waals surface area contributed by atoms with E-state index in [0.717, 1.165) is 24.7 Å². The van der Waals surface area contributed by atoms with Crippen molar-refractivity contribution in [2.24, 2.45) is 4.99 Å². The molecule has 0 saturated heterocycles. The van der Waals surface area contributed by atoms with Crippen LogP contribution in [0.25, 0.3) is 6.08 Å². The van der Waals surface area contributed by atoms with Crippen LogP contribution in [0.5, 0.6) is 0 Å². The van der Waals surface area contributed by atoms with Crippen molar-refractivity contribution >= 4 is 28.9 Å². The highest BCUT2D eigenvalue weighted by atomic mass is 32.2. The molecule has 0 unspecified atom stereocenters. The van der Waals surface area contributed by atoms with Crippen LogP contribution in [-0.4, -0.2) is 35.6 Å². The van der Waals surface area contributed by atoms with Gasteiger partial charge in [-0.15, -0.1) is 0 Å². The Kier molecular flexibility index (Phi) is 3.92. The lowest BCUT2D eigenvalue weighted by atomic mass is 10.3. The monoisotopic (exact) mass is 289 g/mol. The van der Waals surface area contributed by atoms with Crippen LogP contribution in [0.15, 0.2) is 45.0 Å². The topological polar surface area (TPSA) is 57.8 Å². The van der Waals surface area contributed by atoms with Gasteiger partial charge in [0.05, 0.1) is 12.8 Å². The normalized spacial score (nSPS) is 17.3. The van der Waals surface area contributed by atoms with E-state index in [9.17, 15) is 4.79 Å². The minimum Gasteiger partial charge on any atom is -0.465 e. The molecule has 0 fully saturated rings. The largest absolute Gasteiger partial charge is 0.465 e. The van der Waals surface area contributed by atoms with E-state index in [2.05, 4.69) is 20.6 Å². The third-order valence-electron chi connectivity index (χ3n) is 3.07. The molecular formula is C14H15N3O2S. The number of fused-ring (bicyclic) bond motifs is 1. The zero-order valence-electron chi connectivity index (χ0n) is 10.9. The number of amides is 1. The number of carbonyl (C=O) groups excluding carboxylic acids is 1. The van der Waals surface area contributed by atoms with Gasteiger partial charge in [0.1, 0.15) is 5.76 Å². The number of aliphatic imine (C=N–C) groups is 1. The van der Waals surface area contributed by atoms with Crippen molar-refractivity contribution in [3.05, 3.63) is 41.3 Å². The van der Waals surface area contributed by atoms with E-state index in [0.29, 0.717) is 12.3 Å². The number of rotatable bonds is 5. The molecule has 0 aliphatic carbocycles. The van der Waals surface area contributed by atoms with Crippen molar-refractivity contribution in [1.82, 2.24) is 10.2 Å². The summed E-state index contributed by atoms with van der Waals surface area (Å²) in [6.07, 6.45) is 5.55. The molecule has 104 valence electrons. The molecule has 0 bridgehead atoms. The predicted octanol–water partition coefficient (Wildman–Crippen LogP) is 2.06. The molecule has 5 nitrogen and oxygen atoms in total. The van der Waals surface area contributed by atoms with Gasteiger partial charge in [-0.2, -0.15) is 0 Å². The quantitative estimate of drug-likeness (QED) is 0.843. The molecule has 1 aromatic rings. The first-order valence-corrected chi connectivity index (χ1v) is 7.38. The molecular weight excluding hydrogens is 274 g/mol. The van der Waals surface area contributed by atoms with Gasteiger partial charge in [-0.05, 0) is 23.6 Å². The Morgan fingerprint density at radius 1 is 1.60 bits per heavy atom. The molecule has 3 rings (SSSR count). The van der Waals surface area contributed by atoms with E-state index in [1.54, 1.807) is 36.2 Å². The molecule has 0 saturated carbocycles. The average molecular weight is 289 g/mol. The Bertz CT molecular complexity index is 575. The SMILES string of the molecule is O=C(C=Cc1ccco1)NCCC1=CSC2=NCCN12. The standard InChI is InChI=1S/C14H15N3O2S/c18-13(4-3-12-2-1-9-19-12)15-6-5-11-10-20-14-16-7-8-17(11)14/h1-4,9-10H,5-8H2,(H,15,18). The predicted molar refractivity (Wildman–Crippen MR) is 80.1 cm³/mol. The van der Waals surface area contributed by atoms with Crippen LogP contribution in [-0.2, 0) is 4.79 Å². The summed E-state index contributed by atoms with van der Waals surface area (Å²) in [7, 11) is 0. The summed E-state index contributed by atoms with van der Waals surface area (Å²) in [5.41, 5.74) is 1.24. The number of hydrogen-bond donors (Lipinski definition) is 1. The van der Waals surface area contributed by atoms with Crippen LogP contribution >= 0.6 is 11.8 Å². The molecule has 0 radical (unpaired) electrons. The van der Waals surface area contributed by atoms with Gasteiger partial charge in [0, 0.05) is 31.3 Å². The molecule has 1 N–H and O–H groups in total. The van der Waals surface area contributed by atoms with Gasteiger partial charge in [-0.25, -0.2) is 0 Å². The summed E-state index contributed by atoms with van der Waals surface area (Å²) in [5, 5.41) is 6.07. The first-order valence-electron chi connectivity index (χ1n) is 6.50. The lowest BCUT2D eigenvalue weighted by Gasteiger charge is -2.16. The lowest BCUT2D eigenvalue weighted by Crippen LogP contribution is -2.26. The van der Waals surface area contributed by atoms with Crippen molar-refractivity contribution < 1.29 is 9.21 Å². The maximum absolute atomic E-state index is 11.6. The van der Waals surface area contributed by atoms with Gasteiger partial charge in [-0.3, -0.25) is 9.79 Å². The Morgan fingerprint density at radius 2 is 2.55 bits per heavy atom. The van der Waals surface area contributed by atoms with Crippen molar-refractivity contribution in [3.8, 4) is 0 Å². The highest BCUT2D eigenvalue weighted by Gasteiger charge is 2.25. The number of hydrogen-bond acceptors (Lipinski definition) is 5. The second-order valence-electron chi connectivity index (χ2n) is 4.43. The maximum atomic E-state index is 11.6. The Morgan fingerprint density at radius 3 is 3.40 bits per heavy atom. The van der Waals surface area contributed by atoms with Crippen LogP contribution in [0.4, 0.5) is 0 Å². The highest BCUT2D eigenvalue weighted by Crippen LogP contribution is 2.30. The molecule has 0 aromatic carbocycles. The van der Waals surface area contributed by atoms with E-state index >= 15 is 0 Å². The van der Waals surface area contributed by atoms with E-state index in [4.69, 9.17) is 4.42 Å². The minimum atomic E-state index is -0.108. The Labute approximate surface area is 121 Å². The number of nitrogens with one attached hydrogen (secondary N) is 1. The summed E-state index contributed by atoms with van der Waals surface area (Å²) >= 11 is 1.66. The Balaban J connectivity index is 1.42. The maximum Gasteiger partial charge on any atom is 0.244 e. The van der Waals surface area contributed by atoms with Crippen LogP contribution in [0.1, 0.15) is 12.2 Å². The third-order valence-corrected chi connectivity index (χ3v) is 4.02. The highest BCUT2D eigenvalue weighted by molar-refractivity contribution is 8.16. The van der Waals surface area contributed by atoms with Crippen LogP contribution in [0, 0.1) is 0 Å². The fourth-order valence-corrected chi connectivity index (χ4v) is 3.08. The summed E-state index contributed by atoms with van der Waals surface area (Å²) < 4.78 is 5.12. The molecule has 0 atom stereocenters. The number of furan rings is 1. The summed E-state index contributed by atoms with van der Waals surface area (Å²) in [5.74, 6) is 0.566. The molecule has 20 heavy (non-hydrogen) atoms. The van der Waals surface area contributed by atoms with Crippen molar-refractivity contribution in [2.75, 3.05) is 19.6 Å². The number of thioether (sulfide) groups is 1. The van der Waals surface area contributed by atoms with Gasteiger partial charge >= 0.3 is 0 Å². The second-order valence-corrected chi connectivity index (χ2v) is 5.27. The number of carbonyl (C=O) groups is 1. The third kappa shape index (κ3) is 2.96. The van der Waals surface area contributed by atoms with E-state index in [1.165, 1.54) is 11.8 Å². The van der Waals surface area contributed by atoms with Crippen molar-refractivity contribution in [3.63, 3.8) is 0 Å². The van der Waals surface area contributed by atoms with Gasteiger partial charge < -0.3 is 14.6 Å². The second kappa shape index (κ2) is 6.00. The zero-order valence-corrected chi connectivity index (χ0v) is 11.7. The molecule has 0 spiro atoms. The first kappa shape index (κ1) is 13.1. The summed E-state index contributed by atoms with van der Waals surface area (Å²) in [4.78, 5) is 18.2. The van der Waals surface area contributed by atoms with E-state index in [-0.39, 0.29) is 5.91 Å².